The summed E-state index contributed by atoms with van der Waals surface area (Å²) < 4.78 is 5.41. The third-order valence-electron chi connectivity index (χ3n) is 2.99. The summed E-state index contributed by atoms with van der Waals surface area (Å²) in [6.45, 7) is 7.20. The van der Waals surface area contributed by atoms with Crippen molar-refractivity contribution in [1.82, 2.24) is 10.6 Å². The van der Waals surface area contributed by atoms with Crippen molar-refractivity contribution in [3.05, 3.63) is 28.8 Å². The molecule has 3 heteroatoms. The van der Waals surface area contributed by atoms with Crippen LogP contribution in [0.1, 0.15) is 23.1 Å². The van der Waals surface area contributed by atoms with E-state index in [2.05, 4.69) is 36.6 Å². The Morgan fingerprint density at radius 3 is 2.47 bits per heavy atom. The van der Waals surface area contributed by atoms with Crippen molar-refractivity contribution in [3.8, 4) is 5.75 Å². The second kappa shape index (κ2) is 7.30. The number of hydrogen-bond acceptors (Lipinski definition) is 3. The maximum absolute atomic E-state index is 5.41. The van der Waals surface area contributed by atoms with Gasteiger partial charge < -0.3 is 15.4 Å². The van der Waals surface area contributed by atoms with E-state index >= 15 is 0 Å². The van der Waals surface area contributed by atoms with Crippen molar-refractivity contribution < 1.29 is 4.74 Å². The van der Waals surface area contributed by atoms with E-state index in [1.165, 1.54) is 16.7 Å². The Kier molecular flexibility index (Phi) is 6.01. The molecular formula is C14H24N2O. The molecule has 0 atom stereocenters. The highest BCUT2D eigenvalue weighted by Gasteiger charge is 2.05. The van der Waals surface area contributed by atoms with Crippen LogP contribution in [-0.4, -0.2) is 27.2 Å². The summed E-state index contributed by atoms with van der Waals surface area (Å²) in [5, 5.41) is 6.58. The van der Waals surface area contributed by atoms with Gasteiger partial charge in [0.2, 0.25) is 0 Å². The van der Waals surface area contributed by atoms with Crippen LogP contribution in [0.25, 0.3) is 0 Å². The molecule has 0 heterocycles. The Morgan fingerprint density at radius 2 is 1.82 bits per heavy atom. The van der Waals surface area contributed by atoms with Gasteiger partial charge in [0.15, 0.2) is 0 Å². The van der Waals surface area contributed by atoms with Crippen molar-refractivity contribution in [2.24, 2.45) is 0 Å². The molecule has 2 N–H and O–H groups in total. The fraction of sp³-hybridized carbons (Fsp3) is 0.571. The SMILES string of the molecule is CNCCCNCc1cc(C)c(C)cc1OC. The minimum absolute atomic E-state index is 0.869. The molecule has 1 rings (SSSR count). The van der Waals surface area contributed by atoms with Crippen molar-refractivity contribution in [2.75, 3.05) is 27.2 Å². The molecule has 0 bridgehead atoms. The van der Waals surface area contributed by atoms with E-state index in [0.717, 1.165) is 31.8 Å². The number of benzene rings is 1. The van der Waals surface area contributed by atoms with Crippen LogP contribution in [0.4, 0.5) is 0 Å². The van der Waals surface area contributed by atoms with Crippen LogP contribution in [0.2, 0.25) is 0 Å². The molecule has 0 aliphatic carbocycles. The van der Waals surface area contributed by atoms with Gasteiger partial charge in [0, 0.05) is 12.1 Å². The summed E-state index contributed by atoms with van der Waals surface area (Å²) in [5.41, 5.74) is 3.83. The predicted octanol–water partition coefficient (Wildman–Crippen LogP) is 2.01. The van der Waals surface area contributed by atoms with Crippen LogP contribution >= 0.6 is 0 Å². The molecule has 17 heavy (non-hydrogen) atoms. The first-order valence-corrected chi connectivity index (χ1v) is 6.18. The van der Waals surface area contributed by atoms with Crippen molar-refractivity contribution in [1.29, 1.82) is 0 Å². The zero-order valence-electron chi connectivity index (χ0n) is 11.4. The van der Waals surface area contributed by atoms with Gasteiger partial charge in [0.25, 0.3) is 0 Å². The van der Waals surface area contributed by atoms with Gasteiger partial charge in [0.05, 0.1) is 7.11 Å². The maximum atomic E-state index is 5.41. The fourth-order valence-electron chi connectivity index (χ4n) is 1.79. The smallest absolute Gasteiger partial charge is 0.123 e. The standard InChI is InChI=1S/C14H24N2O/c1-11-8-13(10-16-7-5-6-15-3)14(17-4)9-12(11)2/h8-9,15-16H,5-7,10H2,1-4H3. The molecule has 0 saturated carbocycles. The normalized spacial score (nSPS) is 10.6. The molecule has 0 fully saturated rings. The maximum Gasteiger partial charge on any atom is 0.123 e. The van der Waals surface area contributed by atoms with Crippen LogP contribution in [0.3, 0.4) is 0 Å². The highest BCUT2D eigenvalue weighted by Crippen LogP contribution is 2.22. The van der Waals surface area contributed by atoms with Gasteiger partial charge >= 0.3 is 0 Å². The van der Waals surface area contributed by atoms with Crippen molar-refractivity contribution in [3.63, 3.8) is 0 Å². The number of ether oxygens (including phenoxy) is 1. The second-order valence-electron chi connectivity index (χ2n) is 4.38. The summed E-state index contributed by atoms with van der Waals surface area (Å²) in [6, 6.07) is 4.32. The van der Waals surface area contributed by atoms with Gasteiger partial charge in [0.1, 0.15) is 5.75 Å². The monoisotopic (exact) mass is 236 g/mol. The average Bonchev–Trinajstić information content (AvgIpc) is 2.33. The molecule has 0 saturated heterocycles. The molecule has 3 nitrogen and oxygen atoms in total. The highest BCUT2D eigenvalue weighted by molar-refractivity contribution is 5.41. The Hall–Kier alpha value is -1.06. The summed E-state index contributed by atoms with van der Waals surface area (Å²) in [4.78, 5) is 0. The minimum atomic E-state index is 0.869. The molecule has 0 spiro atoms. The van der Waals surface area contributed by atoms with E-state index in [1.807, 2.05) is 7.05 Å². The lowest BCUT2D eigenvalue weighted by Gasteiger charge is -2.12. The van der Waals surface area contributed by atoms with Crippen molar-refractivity contribution in [2.45, 2.75) is 26.8 Å². The van der Waals surface area contributed by atoms with Crippen LogP contribution in [0, 0.1) is 13.8 Å². The van der Waals surface area contributed by atoms with Gasteiger partial charge in [-0.15, -0.1) is 0 Å². The van der Waals surface area contributed by atoms with E-state index < -0.39 is 0 Å². The van der Waals surface area contributed by atoms with E-state index in [9.17, 15) is 0 Å². The minimum Gasteiger partial charge on any atom is -0.496 e. The van der Waals surface area contributed by atoms with Crippen molar-refractivity contribution >= 4 is 0 Å². The Labute approximate surface area is 105 Å². The predicted molar refractivity (Wildman–Crippen MR) is 72.7 cm³/mol. The zero-order chi connectivity index (χ0) is 12.7. The largest absolute Gasteiger partial charge is 0.496 e. The Bertz CT molecular complexity index is 350. The molecule has 1 aromatic carbocycles. The third kappa shape index (κ3) is 4.36. The molecule has 96 valence electrons. The fourth-order valence-corrected chi connectivity index (χ4v) is 1.79. The first-order chi connectivity index (χ1) is 8.19. The first kappa shape index (κ1) is 14.0. The highest BCUT2D eigenvalue weighted by atomic mass is 16.5. The summed E-state index contributed by atoms with van der Waals surface area (Å²) in [5.74, 6) is 0.981. The van der Waals surface area contributed by atoms with Gasteiger partial charge in [-0.3, -0.25) is 0 Å². The van der Waals surface area contributed by atoms with Crippen LogP contribution in [0.5, 0.6) is 5.75 Å². The number of nitrogens with one attached hydrogen (secondary N) is 2. The molecule has 1 aromatic rings. The van der Waals surface area contributed by atoms with E-state index in [-0.39, 0.29) is 0 Å². The lowest BCUT2D eigenvalue weighted by atomic mass is 10.0. The zero-order valence-corrected chi connectivity index (χ0v) is 11.4. The Morgan fingerprint density at radius 1 is 1.12 bits per heavy atom. The van der Waals surface area contributed by atoms with Gasteiger partial charge in [-0.1, -0.05) is 6.07 Å². The number of aryl methyl sites for hydroxylation is 2. The molecular weight excluding hydrogens is 212 g/mol. The van der Waals surface area contributed by atoms with E-state index in [0.29, 0.717) is 0 Å². The lowest BCUT2D eigenvalue weighted by molar-refractivity contribution is 0.407. The van der Waals surface area contributed by atoms with Gasteiger partial charge in [-0.05, 0) is 57.6 Å². The third-order valence-corrected chi connectivity index (χ3v) is 2.99. The first-order valence-electron chi connectivity index (χ1n) is 6.18. The molecule has 0 amide bonds. The lowest BCUT2D eigenvalue weighted by Crippen LogP contribution is -2.19. The van der Waals surface area contributed by atoms with Crippen LogP contribution < -0.4 is 15.4 Å². The van der Waals surface area contributed by atoms with E-state index in [1.54, 1.807) is 7.11 Å². The van der Waals surface area contributed by atoms with E-state index in [4.69, 9.17) is 4.74 Å². The number of rotatable bonds is 7. The average molecular weight is 236 g/mol. The molecule has 0 aliphatic rings. The second-order valence-corrected chi connectivity index (χ2v) is 4.38. The van der Waals surface area contributed by atoms with Gasteiger partial charge in [-0.2, -0.15) is 0 Å². The van der Waals surface area contributed by atoms with Gasteiger partial charge in [-0.25, -0.2) is 0 Å². The molecule has 0 aromatic heterocycles. The summed E-state index contributed by atoms with van der Waals surface area (Å²) >= 11 is 0. The van der Waals surface area contributed by atoms with Crippen LogP contribution in [-0.2, 0) is 6.54 Å². The Balaban J connectivity index is 2.54. The molecule has 0 aliphatic heterocycles. The molecule has 0 radical (unpaired) electrons. The summed E-state index contributed by atoms with van der Waals surface area (Å²) in [6.07, 6.45) is 1.14. The van der Waals surface area contributed by atoms with Crippen LogP contribution in [0.15, 0.2) is 12.1 Å². The molecule has 0 unspecified atom stereocenters. The number of methoxy groups -OCH3 is 1. The quantitative estimate of drug-likeness (QED) is 0.711. The number of hydrogen-bond donors (Lipinski definition) is 2. The topological polar surface area (TPSA) is 33.3 Å². The summed E-state index contributed by atoms with van der Waals surface area (Å²) in [7, 11) is 3.71.